The first-order valence-electron chi connectivity index (χ1n) is 4.44. The van der Waals surface area contributed by atoms with Gasteiger partial charge in [0.2, 0.25) is 0 Å². The third kappa shape index (κ3) is 2.77. The van der Waals surface area contributed by atoms with E-state index in [1.165, 1.54) is 23.5 Å². The minimum Gasteiger partial charge on any atom is -0.455 e. The lowest BCUT2D eigenvalue weighted by atomic mass is 10.4. The lowest BCUT2D eigenvalue weighted by Crippen LogP contribution is -2.07. The van der Waals surface area contributed by atoms with E-state index in [-0.39, 0.29) is 17.5 Å². The molecule has 2 aromatic rings. The number of thiophene rings is 1. The largest absolute Gasteiger partial charge is 0.455 e. The summed E-state index contributed by atoms with van der Waals surface area (Å²) in [5.74, 6) is -0.502. The summed E-state index contributed by atoms with van der Waals surface area (Å²) in [4.78, 5) is 12.5. The molecule has 6 heteroatoms. The number of carbonyl (C=O) groups excluding carboxylic acids is 1. The van der Waals surface area contributed by atoms with Crippen LogP contribution in [0.5, 0.6) is 0 Å². The van der Waals surface area contributed by atoms with Crippen molar-refractivity contribution in [3.63, 3.8) is 0 Å². The maximum absolute atomic E-state index is 11.5. The molecule has 0 bridgehead atoms. The van der Waals surface area contributed by atoms with Crippen molar-refractivity contribution in [2.75, 3.05) is 0 Å². The van der Waals surface area contributed by atoms with Gasteiger partial charge in [-0.05, 0) is 23.6 Å². The third-order valence-corrected chi connectivity index (χ3v) is 2.82. The predicted octanol–water partition coefficient (Wildman–Crippen LogP) is 2.55. The average Bonchev–Trinajstić information content (AvgIpc) is 2.80. The van der Waals surface area contributed by atoms with Crippen LogP contribution in [0.1, 0.15) is 15.4 Å². The smallest absolute Gasteiger partial charge is 0.359 e. The monoisotopic (exact) mass is 254 g/mol. The van der Waals surface area contributed by atoms with E-state index < -0.39 is 5.97 Å². The minimum absolute atomic E-state index is 0.154. The number of esters is 1. The summed E-state index contributed by atoms with van der Waals surface area (Å²) in [6.45, 7) is 0.251. The van der Waals surface area contributed by atoms with E-state index in [1.54, 1.807) is 0 Å². The molecule has 4 nitrogen and oxygen atoms in total. The van der Waals surface area contributed by atoms with E-state index in [2.05, 4.69) is 10.2 Å². The molecule has 0 aromatic carbocycles. The fraction of sp³-hybridized carbons (Fsp3) is 0.100. The number of carbonyl (C=O) groups is 1. The molecule has 2 rings (SSSR count). The zero-order valence-electron chi connectivity index (χ0n) is 8.09. The Kier molecular flexibility index (Phi) is 3.48. The van der Waals surface area contributed by atoms with Gasteiger partial charge in [-0.25, -0.2) is 4.79 Å². The molecule has 0 amide bonds. The molecule has 82 valence electrons. The molecule has 0 aliphatic carbocycles. The van der Waals surface area contributed by atoms with Crippen molar-refractivity contribution in [2.45, 2.75) is 6.61 Å². The highest BCUT2D eigenvalue weighted by Crippen LogP contribution is 2.11. The summed E-state index contributed by atoms with van der Waals surface area (Å²) >= 11 is 7.08. The Labute approximate surface area is 101 Å². The van der Waals surface area contributed by atoms with Crippen LogP contribution < -0.4 is 0 Å². The Morgan fingerprint density at radius 3 is 2.88 bits per heavy atom. The second-order valence-corrected chi connectivity index (χ2v) is 4.32. The molecule has 0 spiro atoms. The molecular weight excluding hydrogens is 248 g/mol. The molecule has 0 aliphatic rings. The number of ether oxygens (including phenoxy) is 1. The van der Waals surface area contributed by atoms with E-state index in [4.69, 9.17) is 16.3 Å². The molecule has 0 fully saturated rings. The first kappa shape index (κ1) is 11.0. The molecule has 0 aliphatic heterocycles. The average molecular weight is 255 g/mol. The minimum atomic E-state index is -0.502. The van der Waals surface area contributed by atoms with Gasteiger partial charge in [-0.2, -0.15) is 0 Å². The fourth-order valence-corrected chi connectivity index (χ4v) is 1.75. The summed E-state index contributed by atoms with van der Waals surface area (Å²) in [6, 6.07) is 6.77. The summed E-state index contributed by atoms with van der Waals surface area (Å²) in [6.07, 6.45) is 0. The summed E-state index contributed by atoms with van der Waals surface area (Å²) in [5, 5.41) is 9.35. The van der Waals surface area contributed by atoms with Crippen molar-refractivity contribution in [2.24, 2.45) is 0 Å². The fourth-order valence-electron chi connectivity index (χ4n) is 1.03. The van der Waals surface area contributed by atoms with E-state index in [9.17, 15) is 4.79 Å². The summed E-state index contributed by atoms with van der Waals surface area (Å²) in [7, 11) is 0. The van der Waals surface area contributed by atoms with Gasteiger partial charge in [-0.3, -0.25) is 0 Å². The van der Waals surface area contributed by atoms with Gasteiger partial charge in [-0.1, -0.05) is 17.7 Å². The van der Waals surface area contributed by atoms with Crippen LogP contribution in [0.25, 0.3) is 0 Å². The van der Waals surface area contributed by atoms with Gasteiger partial charge in [0.25, 0.3) is 0 Å². The number of aromatic nitrogens is 2. The molecule has 0 saturated heterocycles. The van der Waals surface area contributed by atoms with Gasteiger partial charge >= 0.3 is 5.97 Å². The molecule has 0 atom stereocenters. The van der Waals surface area contributed by atoms with E-state index in [1.807, 2.05) is 17.5 Å². The second-order valence-electron chi connectivity index (χ2n) is 2.90. The predicted molar refractivity (Wildman–Crippen MR) is 60.5 cm³/mol. The van der Waals surface area contributed by atoms with E-state index >= 15 is 0 Å². The highest BCUT2D eigenvalue weighted by atomic mass is 35.5. The third-order valence-electron chi connectivity index (χ3n) is 1.77. The van der Waals surface area contributed by atoms with Crippen LogP contribution >= 0.6 is 22.9 Å². The van der Waals surface area contributed by atoms with Crippen molar-refractivity contribution in [3.8, 4) is 0 Å². The Morgan fingerprint density at radius 2 is 2.25 bits per heavy atom. The van der Waals surface area contributed by atoms with Crippen molar-refractivity contribution in [1.29, 1.82) is 0 Å². The quantitative estimate of drug-likeness (QED) is 0.790. The molecule has 0 saturated carbocycles. The van der Waals surface area contributed by atoms with Gasteiger partial charge in [-0.15, -0.1) is 21.5 Å². The number of hydrogen-bond donors (Lipinski definition) is 0. The van der Waals surface area contributed by atoms with Crippen molar-refractivity contribution >= 4 is 28.9 Å². The Hall–Kier alpha value is -1.46. The van der Waals surface area contributed by atoms with E-state index in [0.29, 0.717) is 0 Å². The zero-order chi connectivity index (χ0) is 11.4. The maximum atomic E-state index is 11.5. The van der Waals surface area contributed by atoms with Gasteiger partial charge in [0.15, 0.2) is 10.8 Å². The highest BCUT2D eigenvalue weighted by Gasteiger charge is 2.09. The Balaban J connectivity index is 1.95. The van der Waals surface area contributed by atoms with Crippen LogP contribution in [0, 0.1) is 0 Å². The summed E-state index contributed by atoms with van der Waals surface area (Å²) in [5.41, 5.74) is 0.154. The van der Waals surface area contributed by atoms with Crippen molar-refractivity contribution in [1.82, 2.24) is 10.2 Å². The SMILES string of the molecule is O=C(OCc1cccs1)c1ccc(Cl)nn1. The van der Waals surface area contributed by atoms with Crippen molar-refractivity contribution < 1.29 is 9.53 Å². The van der Waals surface area contributed by atoms with Crippen LogP contribution in [0.4, 0.5) is 0 Å². The van der Waals surface area contributed by atoms with E-state index in [0.717, 1.165) is 4.88 Å². The standard InChI is InChI=1S/C10H7ClN2O2S/c11-9-4-3-8(12-13-9)10(14)15-6-7-2-1-5-16-7/h1-5H,6H2. The first-order chi connectivity index (χ1) is 7.75. The van der Waals surface area contributed by atoms with Crippen LogP contribution in [-0.4, -0.2) is 16.2 Å². The van der Waals surface area contributed by atoms with Crippen LogP contribution in [0.3, 0.4) is 0 Å². The van der Waals surface area contributed by atoms with Gasteiger partial charge < -0.3 is 4.74 Å². The van der Waals surface area contributed by atoms with Crippen LogP contribution in [-0.2, 0) is 11.3 Å². The highest BCUT2D eigenvalue weighted by molar-refractivity contribution is 7.09. The van der Waals surface area contributed by atoms with Crippen molar-refractivity contribution in [3.05, 3.63) is 45.4 Å². The number of nitrogens with zero attached hydrogens (tertiary/aromatic N) is 2. The lowest BCUT2D eigenvalue weighted by Gasteiger charge is -2.01. The molecule has 0 radical (unpaired) electrons. The molecular formula is C10H7ClN2O2S. The molecule has 2 heterocycles. The number of rotatable bonds is 3. The number of hydrogen-bond acceptors (Lipinski definition) is 5. The maximum Gasteiger partial charge on any atom is 0.359 e. The molecule has 0 N–H and O–H groups in total. The topological polar surface area (TPSA) is 52.1 Å². The zero-order valence-corrected chi connectivity index (χ0v) is 9.66. The molecule has 16 heavy (non-hydrogen) atoms. The van der Waals surface area contributed by atoms with Crippen LogP contribution in [0.15, 0.2) is 29.6 Å². The molecule has 0 unspecified atom stereocenters. The molecule has 2 aromatic heterocycles. The second kappa shape index (κ2) is 5.05. The summed E-state index contributed by atoms with van der Waals surface area (Å²) < 4.78 is 5.04. The van der Waals surface area contributed by atoms with Gasteiger partial charge in [0.1, 0.15) is 6.61 Å². The normalized spacial score (nSPS) is 10.1. The van der Waals surface area contributed by atoms with Crippen LogP contribution in [0.2, 0.25) is 5.15 Å². The van der Waals surface area contributed by atoms with Gasteiger partial charge in [0.05, 0.1) is 0 Å². The first-order valence-corrected chi connectivity index (χ1v) is 5.70. The Bertz CT molecular complexity index is 470. The lowest BCUT2D eigenvalue weighted by molar-refractivity contribution is 0.0468. The van der Waals surface area contributed by atoms with Gasteiger partial charge in [0, 0.05) is 4.88 Å². The number of halogens is 1. The Morgan fingerprint density at radius 1 is 1.38 bits per heavy atom.